The maximum atomic E-state index is 12.4. The third kappa shape index (κ3) is 5.66. The highest BCUT2D eigenvalue weighted by molar-refractivity contribution is 7.89. The Hall–Kier alpha value is -3.16. The van der Waals surface area contributed by atoms with Crippen molar-refractivity contribution in [3.63, 3.8) is 0 Å². The van der Waals surface area contributed by atoms with Gasteiger partial charge in [-0.3, -0.25) is 4.79 Å². The van der Waals surface area contributed by atoms with E-state index in [1.165, 1.54) is 12.1 Å². The predicted octanol–water partition coefficient (Wildman–Crippen LogP) is 3.11. The zero-order chi connectivity index (χ0) is 20.9. The Bertz CT molecular complexity index is 1100. The minimum atomic E-state index is -3.75. The van der Waals surface area contributed by atoms with Gasteiger partial charge in [-0.05, 0) is 41.5 Å². The van der Waals surface area contributed by atoms with Crippen LogP contribution in [-0.2, 0) is 27.7 Å². The van der Waals surface area contributed by atoms with Crippen LogP contribution in [0.1, 0.15) is 16.7 Å². The Labute approximate surface area is 170 Å². The van der Waals surface area contributed by atoms with E-state index in [-0.39, 0.29) is 17.2 Å². The van der Waals surface area contributed by atoms with Crippen LogP contribution in [-0.4, -0.2) is 21.4 Å². The van der Waals surface area contributed by atoms with E-state index in [4.69, 9.17) is 9.88 Å². The second kappa shape index (κ2) is 8.89. The lowest BCUT2D eigenvalue weighted by Crippen LogP contribution is -2.15. The Kier molecular flexibility index (Phi) is 6.31. The van der Waals surface area contributed by atoms with Gasteiger partial charge in [0.2, 0.25) is 15.9 Å². The molecule has 0 aliphatic rings. The fraction of sp³-hybridized carbons (Fsp3) is 0.136. The highest BCUT2D eigenvalue weighted by Gasteiger charge is 2.11. The van der Waals surface area contributed by atoms with Crippen LogP contribution in [0.5, 0.6) is 5.75 Å². The number of hydrogen-bond donors (Lipinski definition) is 2. The Balaban J connectivity index is 1.70. The normalized spacial score (nSPS) is 11.1. The maximum absolute atomic E-state index is 12.4. The van der Waals surface area contributed by atoms with Gasteiger partial charge in [-0.1, -0.05) is 42.5 Å². The minimum absolute atomic E-state index is 0.0161. The van der Waals surface area contributed by atoms with E-state index < -0.39 is 10.0 Å². The van der Waals surface area contributed by atoms with Gasteiger partial charge >= 0.3 is 0 Å². The number of nitrogens with two attached hydrogens (primary N) is 1. The topological polar surface area (TPSA) is 98.5 Å². The summed E-state index contributed by atoms with van der Waals surface area (Å²) in [7, 11) is -2.13. The number of rotatable bonds is 7. The number of nitrogens with one attached hydrogen (secondary N) is 1. The van der Waals surface area contributed by atoms with Crippen LogP contribution in [0, 0.1) is 0 Å². The zero-order valence-corrected chi connectivity index (χ0v) is 16.8. The van der Waals surface area contributed by atoms with Gasteiger partial charge in [0, 0.05) is 17.7 Å². The highest BCUT2D eigenvalue weighted by atomic mass is 32.2. The number of primary sulfonamides is 1. The molecule has 3 N–H and O–H groups in total. The molecule has 1 amide bonds. The number of ether oxygens (including phenoxy) is 1. The lowest BCUT2D eigenvalue weighted by Gasteiger charge is -2.12. The molecule has 0 atom stereocenters. The SMILES string of the molecule is COc1ccc(NC(=O)Cc2ccc(S(N)(=O)=O)cc2)cc1Cc1ccccc1. The molecule has 7 heteroatoms. The van der Waals surface area contributed by atoms with E-state index in [9.17, 15) is 13.2 Å². The second-order valence-electron chi connectivity index (χ2n) is 6.60. The lowest BCUT2D eigenvalue weighted by atomic mass is 10.0. The van der Waals surface area contributed by atoms with E-state index in [1.54, 1.807) is 25.3 Å². The largest absolute Gasteiger partial charge is 0.496 e. The van der Waals surface area contributed by atoms with E-state index in [0.29, 0.717) is 17.7 Å². The number of carbonyl (C=O) groups is 1. The quantitative estimate of drug-likeness (QED) is 0.625. The highest BCUT2D eigenvalue weighted by Crippen LogP contribution is 2.25. The van der Waals surface area contributed by atoms with E-state index in [2.05, 4.69) is 5.32 Å². The van der Waals surface area contributed by atoms with Gasteiger partial charge in [0.1, 0.15) is 5.75 Å². The monoisotopic (exact) mass is 410 g/mol. The molecule has 0 aliphatic carbocycles. The van der Waals surface area contributed by atoms with Crippen molar-refractivity contribution in [2.45, 2.75) is 17.7 Å². The molecule has 0 spiro atoms. The second-order valence-corrected chi connectivity index (χ2v) is 8.16. The number of benzene rings is 3. The van der Waals surface area contributed by atoms with Crippen molar-refractivity contribution in [1.29, 1.82) is 0 Å². The molecule has 3 rings (SSSR count). The third-order valence-corrected chi connectivity index (χ3v) is 5.35. The first-order chi connectivity index (χ1) is 13.8. The van der Waals surface area contributed by atoms with Gasteiger partial charge in [0.25, 0.3) is 0 Å². The summed E-state index contributed by atoms with van der Waals surface area (Å²) in [4.78, 5) is 12.4. The number of amides is 1. The number of methoxy groups -OCH3 is 1. The van der Waals surface area contributed by atoms with Gasteiger partial charge in [0.15, 0.2) is 0 Å². The summed E-state index contributed by atoms with van der Waals surface area (Å²) < 4.78 is 28.1. The standard InChI is InChI=1S/C22H22N2O4S/c1-28-21-12-9-19(15-18(21)13-16-5-3-2-4-6-16)24-22(25)14-17-7-10-20(11-8-17)29(23,26)27/h2-12,15H,13-14H2,1H3,(H,24,25)(H2,23,26,27). The van der Waals surface area contributed by atoms with Crippen molar-refractivity contribution in [2.75, 3.05) is 12.4 Å². The summed E-state index contributed by atoms with van der Waals surface area (Å²) in [6.07, 6.45) is 0.799. The number of hydrogen-bond acceptors (Lipinski definition) is 4. The molecule has 0 saturated carbocycles. The Morgan fingerprint density at radius 2 is 1.66 bits per heavy atom. The number of carbonyl (C=O) groups excluding carboxylic acids is 1. The summed E-state index contributed by atoms with van der Waals surface area (Å²) in [6.45, 7) is 0. The molecule has 0 unspecified atom stereocenters. The molecular weight excluding hydrogens is 388 g/mol. The Morgan fingerprint density at radius 1 is 0.966 bits per heavy atom. The van der Waals surface area contributed by atoms with Crippen molar-refractivity contribution >= 4 is 21.6 Å². The number of anilines is 1. The molecule has 3 aromatic rings. The first kappa shape index (κ1) is 20.6. The molecule has 0 aromatic heterocycles. The molecule has 0 aliphatic heterocycles. The van der Waals surface area contributed by atoms with Gasteiger partial charge in [-0.2, -0.15) is 0 Å². The molecule has 3 aromatic carbocycles. The van der Waals surface area contributed by atoms with Crippen LogP contribution in [0.3, 0.4) is 0 Å². The summed E-state index contributed by atoms with van der Waals surface area (Å²) in [5.74, 6) is 0.551. The van der Waals surface area contributed by atoms with Crippen molar-refractivity contribution in [2.24, 2.45) is 5.14 Å². The number of sulfonamides is 1. The molecule has 0 bridgehead atoms. The van der Waals surface area contributed by atoms with Gasteiger partial charge in [-0.25, -0.2) is 13.6 Å². The molecule has 0 radical (unpaired) electrons. The summed E-state index contributed by atoms with van der Waals surface area (Å²) in [6, 6.07) is 21.5. The van der Waals surface area contributed by atoms with Crippen LogP contribution in [0.25, 0.3) is 0 Å². The van der Waals surface area contributed by atoms with Crippen LogP contribution >= 0.6 is 0 Å². The van der Waals surface area contributed by atoms with Crippen LogP contribution in [0.4, 0.5) is 5.69 Å². The average Bonchev–Trinajstić information content (AvgIpc) is 2.69. The van der Waals surface area contributed by atoms with Crippen molar-refractivity contribution < 1.29 is 17.9 Å². The first-order valence-electron chi connectivity index (χ1n) is 8.97. The van der Waals surface area contributed by atoms with E-state index >= 15 is 0 Å². The predicted molar refractivity (Wildman–Crippen MR) is 112 cm³/mol. The summed E-state index contributed by atoms with van der Waals surface area (Å²) >= 11 is 0. The molecule has 29 heavy (non-hydrogen) atoms. The first-order valence-corrected chi connectivity index (χ1v) is 10.5. The minimum Gasteiger partial charge on any atom is -0.496 e. The van der Waals surface area contributed by atoms with Crippen molar-refractivity contribution in [3.05, 3.63) is 89.5 Å². The molecule has 6 nitrogen and oxygen atoms in total. The van der Waals surface area contributed by atoms with E-state index in [0.717, 1.165) is 16.9 Å². The van der Waals surface area contributed by atoms with Crippen molar-refractivity contribution in [3.8, 4) is 5.75 Å². The Morgan fingerprint density at radius 3 is 2.28 bits per heavy atom. The molecule has 150 valence electrons. The van der Waals surface area contributed by atoms with Gasteiger partial charge in [0.05, 0.1) is 18.4 Å². The summed E-state index contributed by atoms with van der Waals surface area (Å²) in [5, 5.41) is 7.96. The fourth-order valence-corrected chi connectivity index (χ4v) is 3.51. The van der Waals surface area contributed by atoms with Gasteiger partial charge < -0.3 is 10.1 Å². The molecule has 0 heterocycles. The maximum Gasteiger partial charge on any atom is 0.238 e. The van der Waals surface area contributed by atoms with Crippen LogP contribution < -0.4 is 15.2 Å². The molecule has 0 fully saturated rings. The molecule has 0 saturated heterocycles. The third-order valence-electron chi connectivity index (χ3n) is 4.42. The van der Waals surface area contributed by atoms with Crippen LogP contribution in [0.2, 0.25) is 0 Å². The summed E-state index contributed by atoms with van der Waals surface area (Å²) in [5.41, 5.74) is 3.47. The zero-order valence-electron chi connectivity index (χ0n) is 16.0. The smallest absolute Gasteiger partial charge is 0.238 e. The van der Waals surface area contributed by atoms with Gasteiger partial charge in [-0.15, -0.1) is 0 Å². The average molecular weight is 410 g/mol. The lowest BCUT2D eigenvalue weighted by molar-refractivity contribution is -0.115. The van der Waals surface area contributed by atoms with Crippen molar-refractivity contribution in [1.82, 2.24) is 0 Å². The van der Waals surface area contributed by atoms with E-state index in [1.807, 2.05) is 42.5 Å². The molecular formula is C22H22N2O4S. The van der Waals surface area contributed by atoms with Crippen LogP contribution in [0.15, 0.2) is 77.7 Å². The fourth-order valence-electron chi connectivity index (χ4n) is 3.00.